The average molecular weight is 1990 g/mol. The van der Waals surface area contributed by atoms with Gasteiger partial charge in [-0.3, -0.25) is 9.97 Å². The molecule has 5 heterocycles. The van der Waals surface area contributed by atoms with Crippen molar-refractivity contribution in [3.63, 3.8) is 0 Å². The van der Waals surface area contributed by atoms with Gasteiger partial charge in [0, 0.05) is 56.5 Å². The Morgan fingerprint density at radius 3 is 0.908 bits per heavy atom. The van der Waals surface area contributed by atoms with Gasteiger partial charge in [-0.2, -0.15) is 0 Å². The Morgan fingerprint density at radius 2 is 0.623 bits per heavy atom. The lowest BCUT2D eigenvalue weighted by molar-refractivity contribution is 0.00578. The number of aromatic hydroxyl groups is 1. The molecule has 3 saturated heterocycles. The Hall–Kier alpha value is -6.25. The first-order chi connectivity index (χ1) is 59.1. The van der Waals surface area contributed by atoms with Crippen LogP contribution in [0.4, 0.5) is 0 Å². The molecule has 3 aliphatic rings. The monoisotopic (exact) mass is 1990 g/mol. The van der Waals surface area contributed by atoms with E-state index in [4.69, 9.17) is 89.3 Å². The summed E-state index contributed by atoms with van der Waals surface area (Å²) in [7, 11) is -0.717. The Kier molecular flexibility index (Phi) is 40.7. The molecule has 0 atom stereocenters. The summed E-state index contributed by atoms with van der Waals surface area (Å²) in [5.41, 5.74) is 9.00. The number of phenolic OH excluding ortho intramolecular Hbond substituents is 1. The predicted molar refractivity (Wildman–Crippen MR) is 549 cm³/mol. The van der Waals surface area contributed by atoms with Gasteiger partial charge < -0.3 is 99.5 Å². The molecule has 0 radical (unpaired) electrons. The zero-order valence-corrected chi connectivity index (χ0v) is 93.6. The first-order valence-corrected chi connectivity index (χ1v) is 57.5. The summed E-state index contributed by atoms with van der Waals surface area (Å²) in [6.07, 6.45) is 0.120. The number of aliphatic hydroxyl groups is 4. The van der Waals surface area contributed by atoms with E-state index in [2.05, 4.69) is 262 Å². The van der Waals surface area contributed by atoms with Crippen molar-refractivity contribution >= 4 is 88.3 Å². The number of phenols is 1. The highest BCUT2D eigenvalue weighted by molar-refractivity contribution is 14.1. The lowest BCUT2D eigenvalue weighted by Gasteiger charge is -2.36. The van der Waals surface area contributed by atoms with Gasteiger partial charge in [0.25, 0.3) is 0 Å². The van der Waals surface area contributed by atoms with Crippen LogP contribution < -0.4 is 52.3 Å². The number of hydrogen-bond acceptors (Lipinski definition) is 23. The van der Waals surface area contributed by atoms with Crippen molar-refractivity contribution < 1.29 is 99.5 Å². The number of nitrogens with zero attached hydrogens (tertiary/aromatic N) is 2. The molecule has 5 N–H and O–H groups in total. The highest BCUT2D eigenvalue weighted by Gasteiger charge is 2.56. The Bertz CT molecular complexity index is 4610. The molecule has 3 aliphatic heterocycles. The number of aromatic nitrogens is 2. The van der Waals surface area contributed by atoms with Crippen LogP contribution in [0.3, 0.4) is 0 Å². The van der Waals surface area contributed by atoms with Crippen LogP contribution in [-0.2, 0) is 59.0 Å². The third-order valence-corrected chi connectivity index (χ3v) is 44.2. The van der Waals surface area contributed by atoms with E-state index >= 15 is 0 Å². The van der Waals surface area contributed by atoms with Crippen LogP contribution in [0.25, 0.3) is 11.1 Å². The molecule has 0 bridgehead atoms. The first kappa shape index (κ1) is 116. The molecule has 2 aromatic heterocycles. The van der Waals surface area contributed by atoms with Gasteiger partial charge >= 0.3 is 21.6 Å². The van der Waals surface area contributed by atoms with Crippen LogP contribution >= 0.6 is 22.6 Å². The second-order valence-corrected chi connectivity index (χ2v) is 63.2. The van der Waals surface area contributed by atoms with Gasteiger partial charge in [0.05, 0.1) is 118 Å². The van der Waals surface area contributed by atoms with E-state index in [0.717, 1.165) is 93.7 Å². The number of benzene rings is 5. The predicted octanol–water partition coefficient (Wildman–Crippen LogP) is 22.6. The van der Waals surface area contributed by atoms with Crippen LogP contribution in [0.15, 0.2) is 97.1 Å². The SMILES string of the molecule is CC(C)OB1OC(C)(C)C(C)(C)O1.COc1cc(C)cc(O)c1.COc1cc(C)cc(O[Si](C)(C)C(C)(C)C)c1.COc1cc(O[Si](C)(C)C(C)(C)C)cc(C)c1-c1cc(CO)nc(CO)c1.COc1cc(O[Si](C)(C)C(C)(C)C)cc(C)c1B1OC(C)(C)C(C)(C)O1.COc1cc(O[Si](C)(C)C(C)(C)C)cc(C)c1B1OC(C)(C)C(C)(C)O1.OCc1cc(I)cc(CO)n1. The lowest BCUT2D eigenvalue weighted by atomic mass is 9.75. The number of aliphatic hydroxyl groups excluding tert-OH is 4. The number of hydrogen-bond donors (Lipinski definition) is 5. The first-order valence-electron chi connectivity index (χ1n) is 44.8. The minimum Gasteiger partial charge on any atom is -0.543 e. The Labute approximate surface area is 801 Å². The summed E-state index contributed by atoms with van der Waals surface area (Å²) < 4.78 is 95.5. The van der Waals surface area contributed by atoms with Gasteiger partial charge in [-0.25, -0.2) is 0 Å². The highest BCUT2D eigenvalue weighted by atomic mass is 127. The molecule has 726 valence electrons. The zero-order chi connectivity index (χ0) is 100. The van der Waals surface area contributed by atoms with Crippen molar-refractivity contribution in [1.82, 2.24) is 9.97 Å². The fourth-order valence-electron chi connectivity index (χ4n) is 12.1. The number of methoxy groups -OCH3 is 5. The molecule has 23 nitrogen and oxygen atoms in total. The maximum atomic E-state index is 9.48. The zero-order valence-electron chi connectivity index (χ0n) is 87.4. The summed E-state index contributed by atoms with van der Waals surface area (Å²) in [6.45, 7) is 82.7. The summed E-state index contributed by atoms with van der Waals surface area (Å²) in [5.74, 6) is 7.43. The van der Waals surface area contributed by atoms with E-state index in [1.165, 1.54) is 0 Å². The minimum atomic E-state index is -1.96. The third-order valence-electron chi connectivity index (χ3n) is 26.2. The largest absolute Gasteiger partial charge is 0.640 e. The standard InChI is InChI=1S/C21H31NO4Si.2C20H35BO4Si.C14H24O2Si.C9H19BO3.C8H10O2.C7H8INO2/c1-14-8-18(26-27(6,7)21(2,3)4)11-19(25-5)20(14)15-9-16(12-23)22-17(10-15)13-24;2*1-14-12-15(23-26(10,11)18(2,3)4)13-16(22-9)17(14)21-24-19(5,6)20(7,8)25-21;1-11-8-12(15-5)10-13(9-11)16-17(6,7)14(2,3)4;1-7(2)11-10-12-8(3,4)9(5,6)13-10;1-6-3-7(9)5-8(4-6)10-2;8-5-1-6(3-10)9-7(2-5)4-11/h8-11,23-24H,12-13H2,1-7H3;2*12-13H,1-11H3;8-10H,1-7H3;7H,1-6H3;3-5,9H,1-2H3;1-2,10-11H,3-4H2. The molecule has 0 saturated carbocycles. The van der Waals surface area contributed by atoms with Crippen molar-refractivity contribution in [3.8, 4) is 68.6 Å². The number of halogens is 1. The molecule has 3 fully saturated rings. The molecule has 10 rings (SSSR count). The highest BCUT2D eigenvalue weighted by Crippen LogP contribution is 2.47. The number of rotatable bonds is 22. The average Bonchev–Trinajstić information content (AvgIpc) is 1.58. The van der Waals surface area contributed by atoms with E-state index in [-0.39, 0.29) is 92.0 Å². The van der Waals surface area contributed by atoms with E-state index in [1.807, 2.05) is 110 Å². The fraction of sp³-hybridized carbons (Fsp3) is 0.596. The van der Waals surface area contributed by atoms with E-state index in [9.17, 15) is 10.2 Å². The topological polar surface area (TPSA) is 275 Å². The van der Waals surface area contributed by atoms with Gasteiger partial charge in [-0.1, -0.05) is 83.1 Å². The quantitative estimate of drug-likeness (QED) is 0.0311. The minimum absolute atomic E-state index is 0.0795. The smallest absolute Gasteiger partial charge is 0.543 e. The molecule has 31 heteroatoms. The number of pyridine rings is 2. The van der Waals surface area contributed by atoms with Crippen molar-refractivity contribution in [3.05, 3.63) is 151 Å². The maximum Gasteiger partial charge on any atom is 0.640 e. The molecular formula is C99H162B3IN2O21Si4. The van der Waals surface area contributed by atoms with Crippen molar-refractivity contribution in [1.29, 1.82) is 0 Å². The number of ether oxygens (including phenoxy) is 5. The molecular weight excluding hydrogens is 1820 g/mol. The van der Waals surface area contributed by atoms with Crippen LogP contribution in [0.5, 0.6) is 57.5 Å². The Morgan fingerprint density at radius 1 is 0.354 bits per heavy atom. The summed E-state index contributed by atoms with van der Waals surface area (Å²) >= 11 is 2.12. The summed E-state index contributed by atoms with van der Waals surface area (Å²) in [5, 5.41) is 46.1. The summed E-state index contributed by atoms with van der Waals surface area (Å²) in [6, 6.07) is 30.4. The van der Waals surface area contributed by atoms with E-state index in [0.29, 0.717) is 34.3 Å². The Balaban J connectivity index is 0.000000327. The normalized spacial score (nSPS) is 16.1. The second-order valence-electron chi connectivity index (χ2n) is 43.0. The van der Waals surface area contributed by atoms with Gasteiger partial charge in [0.1, 0.15) is 57.5 Å². The van der Waals surface area contributed by atoms with Crippen molar-refractivity contribution in [2.24, 2.45) is 0 Å². The molecule has 5 aromatic carbocycles. The third kappa shape index (κ3) is 31.7. The van der Waals surface area contributed by atoms with E-state index < -0.39 is 54.8 Å². The van der Waals surface area contributed by atoms with Crippen LogP contribution in [-0.4, -0.2) is 166 Å². The summed E-state index contributed by atoms with van der Waals surface area (Å²) in [4.78, 5) is 8.18. The molecule has 0 spiro atoms. The number of aryl methyl sites for hydroxylation is 5. The van der Waals surface area contributed by atoms with Crippen molar-refractivity contribution in [2.45, 2.75) is 353 Å². The molecule has 0 aliphatic carbocycles. The molecule has 130 heavy (non-hydrogen) atoms. The van der Waals surface area contributed by atoms with Crippen LogP contribution in [0.1, 0.15) is 231 Å². The second kappa shape index (κ2) is 45.6. The molecule has 0 amide bonds. The lowest BCUT2D eigenvalue weighted by Crippen LogP contribution is -2.44. The molecule has 7 aromatic rings. The maximum absolute atomic E-state index is 9.48. The van der Waals surface area contributed by atoms with Gasteiger partial charge in [0.2, 0.25) is 33.3 Å². The molecule has 0 unspecified atom stereocenters. The van der Waals surface area contributed by atoms with E-state index in [1.54, 1.807) is 59.8 Å². The fourth-order valence-corrected chi connectivity index (χ4v) is 16.9. The van der Waals surface area contributed by atoms with Gasteiger partial charge in [-0.15, -0.1) is 0 Å². The van der Waals surface area contributed by atoms with Crippen molar-refractivity contribution in [2.75, 3.05) is 35.5 Å². The van der Waals surface area contributed by atoms with Crippen LogP contribution in [0.2, 0.25) is 72.5 Å². The van der Waals surface area contributed by atoms with Gasteiger partial charge in [0.15, 0.2) is 0 Å². The van der Waals surface area contributed by atoms with Gasteiger partial charge in [-0.05, 0) is 327 Å². The van der Waals surface area contributed by atoms with Crippen LogP contribution in [0, 0.1) is 38.2 Å².